The van der Waals surface area contributed by atoms with Gasteiger partial charge >= 0.3 is 0 Å². The zero-order valence-electron chi connectivity index (χ0n) is 8.50. The van der Waals surface area contributed by atoms with Crippen molar-refractivity contribution in [2.45, 2.75) is 0 Å². The smallest absolute Gasteiger partial charge is 0.0643 e. The van der Waals surface area contributed by atoms with E-state index in [-0.39, 0.29) is 0 Å². The second-order valence-corrected chi connectivity index (χ2v) is 3.72. The van der Waals surface area contributed by atoms with Gasteiger partial charge in [-0.15, -0.1) is 0 Å². The second-order valence-electron chi connectivity index (χ2n) is 3.31. The van der Waals surface area contributed by atoms with Crippen LogP contribution in [0, 0.1) is 0 Å². The maximum absolute atomic E-state index is 6.12. The Morgan fingerprint density at radius 2 is 1.67 bits per heavy atom. The summed E-state index contributed by atoms with van der Waals surface area (Å²) in [5.41, 5.74) is 3.28. The molecule has 0 aliphatic heterocycles. The van der Waals surface area contributed by atoms with Crippen molar-refractivity contribution < 1.29 is 0 Å². The van der Waals surface area contributed by atoms with Crippen molar-refractivity contribution in [3.63, 3.8) is 0 Å². The van der Waals surface area contributed by atoms with Crippen molar-refractivity contribution in [1.82, 2.24) is 0 Å². The highest BCUT2D eigenvalue weighted by Gasteiger charge is 2.01. The molecule has 0 saturated heterocycles. The van der Waals surface area contributed by atoms with Gasteiger partial charge < -0.3 is 5.32 Å². The third-order valence-corrected chi connectivity index (χ3v) is 2.66. The predicted octanol–water partition coefficient (Wildman–Crippen LogP) is 4.05. The third-order valence-electron chi connectivity index (χ3n) is 2.35. The summed E-state index contributed by atoms with van der Waals surface area (Å²) in [4.78, 5) is 0. The number of nitrogens with one attached hydrogen (secondary N) is 1. The van der Waals surface area contributed by atoms with Gasteiger partial charge in [0, 0.05) is 7.05 Å². The Labute approximate surface area is 94.7 Å². The maximum atomic E-state index is 6.12. The average molecular weight is 218 g/mol. The van der Waals surface area contributed by atoms with Crippen molar-refractivity contribution in [2.75, 3.05) is 12.4 Å². The fourth-order valence-corrected chi connectivity index (χ4v) is 1.80. The first kappa shape index (κ1) is 10.1. The maximum Gasteiger partial charge on any atom is 0.0643 e. The minimum Gasteiger partial charge on any atom is -0.387 e. The number of hydrogen-bond donors (Lipinski definition) is 1. The SMILES string of the molecule is CNc1ccc(-c2ccccc2)cc1Cl. The van der Waals surface area contributed by atoms with Gasteiger partial charge in [0.15, 0.2) is 0 Å². The molecular formula is C13H12ClN. The van der Waals surface area contributed by atoms with Crippen LogP contribution >= 0.6 is 11.6 Å². The molecule has 2 aromatic carbocycles. The molecule has 0 bridgehead atoms. The summed E-state index contributed by atoms with van der Waals surface area (Å²) in [5, 5.41) is 3.79. The molecule has 0 radical (unpaired) electrons. The molecule has 2 rings (SSSR count). The van der Waals surface area contributed by atoms with E-state index in [1.807, 2.05) is 37.4 Å². The molecule has 0 unspecified atom stereocenters. The average Bonchev–Trinajstić information content (AvgIpc) is 2.30. The van der Waals surface area contributed by atoms with Crippen LogP contribution in [-0.4, -0.2) is 7.05 Å². The van der Waals surface area contributed by atoms with Gasteiger partial charge in [-0.3, -0.25) is 0 Å². The van der Waals surface area contributed by atoms with Crippen LogP contribution in [0.15, 0.2) is 48.5 Å². The van der Waals surface area contributed by atoms with Crippen LogP contribution in [0.4, 0.5) is 5.69 Å². The summed E-state index contributed by atoms with van der Waals surface area (Å²) in [5.74, 6) is 0. The summed E-state index contributed by atoms with van der Waals surface area (Å²) < 4.78 is 0. The molecule has 15 heavy (non-hydrogen) atoms. The van der Waals surface area contributed by atoms with Gasteiger partial charge in [-0.2, -0.15) is 0 Å². The summed E-state index contributed by atoms with van der Waals surface area (Å²) in [6.45, 7) is 0. The first-order valence-corrected chi connectivity index (χ1v) is 5.22. The van der Waals surface area contributed by atoms with Gasteiger partial charge in [-0.1, -0.05) is 48.0 Å². The van der Waals surface area contributed by atoms with Crippen LogP contribution in [-0.2, 0) is 0 Å². The Hall–Kier alpha value is -1.47. The van der Waals surface area contributed by atoms with E-state index in [0.29, 0.717) is 0 Å². The highest BCUT2D eigenvalue weighted by Crippen LogP contribution is 2.28. The summed E-state index contributed by atoms with van der Waals surface area (Å²) >= 11 is 6.12. The Kier molecular flexibility index (Phi) is 2.93. The third kappa shape index (κ3) is 2.13. The molecule has 2 heteroatoms. The number of anilines is 1. The molecule has 0 atom stereocenters. The Bertz CT molecular complexity index is 451. The van der Waals surface area contributed by atoms with E-state index in [1.54, 1.807) is 0 Å². The number of rotatable bonds is 2. The van der Waals surface area contributed by atoms with E-state index in [0.717, 1.165) is 16.3 Å². The van der Waals surface area contributed by atoms with Gasteiger partial charge in [-0.25, -0.2) is 0 Å². The number of halogens is 1. The topological polar surface area (TPSA) is 12.0 Å². The fourth-order valence-electron chi connectivity index (χ4n) is 1.53. The van der Waals surface area contributed by atoms with Crippen molar-refractivity contribution in [3.05, 3.63) is 53.6 Å². The molecule has 0 amide bonds. The van der Waals surface area contributed by atoms with E-state index in [1.165, 1.54) is 5.56 Å². The fraction of sp³-hybridized carbons (Fsp3) is 0.0769. The van der Waals surface area contributed by atoms with Crippen molar-refractivity contribution >= 4 is 17.3 Å². The molecular weight excluding hydrogens is 206 g/mol. The first-order valence-electron chi connectivity index (χ1n) is 4.84. The molecule has 0 aromatic heterocycles. The van der Waals surface area contributed by atoms with Crippen molar-refractivity contribution in [3.8, 4) is 11.1 Å². The summed E-state index contributed by atoms with van der Waals surface area (Å²) in [6, 6.07) is 16.2. The molecule has 0 saturated carbocycles. The molecule has 2 aromatic rings. The highest BCUT2D eigenvalue weighted by molar-refractivity contribution is 6.33. The van der Waals surface area contributed by atoms with Crippen molar-refractivity contribution in [1.29, 1.82) is 0 Å². The normalized spacial score (nSPS) is 10.0. The molecule has 0 heterocycles. The van der Waals surface area contributed by atoms with Crippen LogP contribution in [0.2, 0.25) is 5.02 Å². The van der Waals surface area contributed by atoms with Gasteiger partial charge in [0.05, 0.1) is 10.7 Å². The first-order chi connectivity index (χ1) is 7.31. The summed E-state index contributed by atoms with van der Waals surface area (Å²) in [7, 11) is 1.86. The quantitative estimate of drug-likeness (QED) is 0.801. The summed E-state index contributed by atoms with van der Waals surface area (Å²) in [6.07, 6.45) is 0. The van der Waals surface area contributed by atoms with Crippen LogP contribution in [0.25, 0.3) is 11.1 Å². The molecule has 0 spiro atoms. The lowest BCUT2D eigenvalue weighted by Gasteiger charge is -2.06. The Morgan fingerprint density at radius 1 is 0.933 bits per heavy atom. The zero-order chi connectivity index (χ0) is 10.7. The minimum absolute atomic E-state index is 0.749. The lowest BCUT2D eigenvalue weighted by atomic mass is 10.1. The van der Waals surface area contributed by atoms with E-state index in [2.05, 4.69) is 23.5 Å². The van der Waals surface area contributed by atoms with E-state index in [4.69, 9.17) is 11.6 Å². The van der Waals surface area contributed by atoms with Gasteiger partial charge in [0.25, 0.3) is 0 Å². The zero-order valence-corrected chi connectivity index (χ0v) is 9.25. The highest BCUT2D eigenvalue weighted by atomic mass is 35.5. The molecule has 0 aliphatic carbocycles. The molecule has 1 nitrogen and oxygen atoms in total. The molecule has 0 fully saturated rings. The molecule has 76 valence electrons. The van der Waals surface area contributed by atoms with Crippen LogP contribution in [0.3, 0.4) is 0 Å². The van der Waals surface area contributed by atoms with Crippen molar-refractivity contribution in [2.24, 2.45) is 0 Å². The second kappa shape index (κ2) is 4.37. The van der Waals surface area contributed by atoms with E-state index < -0.39 is 0 Å². The Balaban J connectivity index is 2.43. The van der Waals surface area contributed by atoms with Crippen LogP contribution in [0.5, 0.6) is 0 Å². The number of benzene rings is 2. The minimum atomic E-state index is 0.749. The molecule has 0 aliphatic rings. The van der Waals surface area contributed by atoms with Gasteiger partial charge in [0.1, 0.15) is 0 Å². The lowest BCUT2D eigenvalue weighted by Crippen LogP contribution is -1.88. The van der Waals surface area contributed by atoms with Crippen LogP contribution in [0.1, 0.15) is 0 Å². The largest absolute Gasteiger partial charge is 0.387 e. The van der Waals surface area contributed by atoms with Gasteiger partial charge in [-0.05, 0) is 23.3 Å². The number of hydrogen-bond acceptors (Lipinski definition) is 1. The monoisotopic (exact) mass is 217 g/mol. The lowest BCUT2D eigenvalue weighted by molar-refractivity contribution is 1.51. The standard InChI is InChI=1S/C13H12ClN/c1-15-13-8-7-11(9-12(13)14)10-5-3-2-4-6-10/h2-9,15H,1H3. The Morgan fingerprint density at radius 3 is 2.27 bits per heavy atom. The van der Waals surface area contributed by atoms with Gasteiger partial charge in [0.2, 0.25) is 0 Å². The van der Waals surface area contributed by atoms with Crippen LogP contribution < -0.4 is 5.32 Å². The van der Waals surface area contributed by atoms with E-state index in [9.17, 15) is 0 Å². The predicted molar refractivity (Wildman–Crippen MR) is 66.4 cm³/mol. The van der Waals surface area contributed by atoms with E-state index >= 15 is 0 Å². The molecule has 1 N–H and O–H groups in total.